The van der Waals surface area contributed by atoms with E-state index in [2.05, 4.69) is 62.3 Å². The third kappa shape index (κ3) is 3.80. The quantitative estimate of drug-likeness (QED) is 0.874. The van der Waals surface area contributed by atoms with Crippen LogP contribution in [-0.4, -0.2) is 31.1 Å². The summed E-state index contributed by atoms with van der Waals surface area (Å²) in [6.45, 7) is 10.2. The molecule has 1 heterocycles. The monoisotopic (exact) mass is 260 g/mol. The fraction of sp³-hybridized carbons (Fsp3) is 0.647. The smallest absolute Gasteiger partial charge is 0.0208 e. The van der Waals surface area contributed by atoms with Crippen LogP contribution in [0.15, 0.2) is 24.3 Å². The second kappa shape index (κ2) is 6.53. The van der Waals surface area contributed by atoms with E-state index in [0.29, 0.717) is 12.0 Å². The minimum Gasteiger partial charge on any atom is -0.312 e. The Bertz CT molecular complexity index is 400. The molecule has 2 unspecified atom stereocenters. The molecule has 1 aliphatic heterocycles. The molecule has 1 aliphatic rings. The van der Waals surface area contributed by atoms with Crippen LogP contribution in [0.3, 0.4) is 0 Å². The molecule has 0 saturated heterocycles. The number of hydrogen-bond donors (Lipinski definition) is 1. The van der Waals surface area contributed by atoms with Crippen molar-refractivity contribution >= 4 is 0 Å². The van der Waals surface area contributed by atoms with E-state index in [1.54, 1.807) is 5.56 Å². The summed E-state index contributed by atoms with van der Waals surface area (Å²) >= 11 is 0. The molecule has 1 aromatic carbocycles. The zero-order valence-electron chi connectivity index (χ0n) is 12.8. The van der Waals surface area contributed by atoms with Crippen LogP contribution in [0.25, 0.3) is 0 Å². The molecule has 0 saturated carbocycles. The summed E-state index contributed by atoms with van der Waals surface area (Å²) in [7, 11) is 2.27. The first kappa shape index (κ1) is 14.5. The molecule has 0 fully saturated rings. The van der Waals surface area contributed by atoms with E-state index >= 15 is 0 Å². The number of rotatable bonds is 5. The van der Waals surface area contributed by atoms with E-state index in [4.69, 9.17) is 0 Å². The van der Waals surface area contributed by atoms with Crippen LogP contribution in [0.4, 0.5) is 0 Å². The largest absolute Gasteiger partial charge is 0.312 e. The Labute approximate surface area is 118 Å². The molecule has 0 aromatic heterocycles. The lowest BCUT2D eigenvalue weighted by Gasteiger charge is -2.33. The van der Waals surface area contributed by atoms with Crippen molar-refractivity contribution in [1.82, 2.24) is 10.2 Å². The van der Waals surface area contributed by atoms with Gasteiger partial charge < -0.3 is 10.2 Å². The SMILES string of the molecule is CC(C)CC(C)N(C)CC1CNCc2ccccc21. The number of nitrogens with one attached hydrogen (secondary N) is 1. The average Bonchev–Trinajstić information content (AvgIpc) is 2.38. The van der Waals surface area contributed by atoms with Crippen molar-refractivity contribution in [1.29, 1.82) is 0 Å². The highest BCUT2D eigenvalue weighted by molar-refractivity contribution is 5.32. The van der Waals surface area contributed by atoms with Crippen LogP contribution in [0, 0.1) is 5.92 Å². The Morgan fingerprint density at radius 1 is 1.26 bits per heavy atom. The summed E-state index contributed by atoms with van der Waals surface area (Å²) in [6, 6.07) is 9.55. The van der Waals surface area contributed by atoms with Crippen molar-refractivity contribution in [2.24, 2.45) is 5.92 Å². The molecule has 2 heteroatoms. The maximum atomic E-state index is 3.55. The second-order valence-electron chi connectivity index (χ2n) is 6.44. The number of fused-ring (bicyclic) bond motifs is 1. The van der Waals surface area contributed by atoms with Crippen LogP contribution in [-0.2, 0) is 6.54 Å². The van der Waals surface area contributed by atoms with E-state index in [9.17, 15) is 0 Å². The van der Waals surface area contributed by atoms with Gasteiger partial charge >= 0.3 is 0 Å². The topological polar surface area (TPSA) is 15.3 Å². The van der Waals surface area contributed by atoms with Gasteiger partial charge in [0.1, 0.15) is 0 Å². The van der Waals surface area contributed by atoms with Crippen molar-refractivity contribution < 1.29 is 0 Å². The summed E-state index contributed by atoms with van der Waals surface area (Å²) in [5.41, 5.74) is 3.02. The second-order valence-corrected chi connectivity index (χ2v) is 6.44. The Balaban J connectivity index is 2.00. The van der Waals surface area contributed by atoms with Crippen molar-refractivity contribution in [2.45, 2.75) is 45.7 Å². The van der Waals surface area contributed by atoms with Crippen molar-refractivity contribution in [3.05, 3.63) is 35.4 Å². The van der Waals surface area contributed by atoms with Gasteiger partial charge in [0, 0.05) is 31.6 Å². The van der Waals surface area contributed by atoms with Gasteiger partial charge in [-0.05, 0) is 37.4 Å². The molecule has 1 N–H and O–H groups in total. The van der Waals surface area contributed by atoms with Crippen molar-refractivity contribution in [3.63, 3.8) is 0 Å². The maximum absolute atomic E-state index is 3.55. The molecule has 0 radical (unpaired) electrons. The lowest BCUT2D eigenvalue weighted by atomic mass is 9.90. The lowest BCUT2D eigenvalue weighted by molar-refractivity contribution is 0.211. The highest BCUT2D eigenvalue weighted by atomic mass is 15.1. The van der Waals surface area contributed by atoms with Gasteiger partial charge in [0.15, 0.2) is 0 Å². The van der Waals surface area contributed by atoms with E-state index in [1.165, 1.54) is 12.0 Å². The van der Waals surface area contributed by atoms with Crippen LogP contribution in [0.2, 0.25) is 0 Å². The van der Waals surface area contributed by atoms with Gasteiger partial charge in [0.25, 0.3) is 0 Å². The summed E-state index contributed by atoms with van der Waals surface area (Å²) in [5.74, 6) is 1.40. The molecule has 0 spiro atoms. The third-order valence-corrected chi connectivity index (χ3v) is 4.27. The van der Waals surface area contributed by atoms with Crippen LogP contribution in [0.1, 0.15) is 44.2 Å². The maximum Gasteiger partial charge on any atom is 0.0208 e. The Morgan fingerprint density at radius 2 is 2.00 bits per heavy atom. The van der Waals surface area contributed by atoms with Gasteiger partial charge in [-0.1, -0.05) is 38.1 Å². The minimum atomic E-state index is 0.629. The Hall–Kier alpha value is -0.860. The van der Waals surface area contributed by atoms with Crippen LogP contribution >= 0.6 is 0 Å². The molecular formula is C17H28N2. The van der Waals surface area contributed by atoms with Gasteiger partial charge in [0.2, 0.25) is 0 Å². The van der Waals surface area contributed by atoms with E-state index in [1.807, 2.05) is 0 Å². The molecular weight excluding hydrogens is 232 g/mol. The first-order valence-corrected chi connectivity index (χ1v) is 7.56. The standard InChI is InChI=1S/C17H28N2/c1-13(2)9-14(3)19(4)12-16-11-18-10-15-7-5-6-8-17(15)16/h5-8,13-14,16,18H,9-12H2,1-4H3. The predicted molar refractivity (Wildman–Crippen MR) is 82.4 cm³/mol. The molecule has 2 atom stereocenters. The van der Waals surface area contributed by atoms with Gasteiger partial charge in [-0.25, -0.2) is 0 Å². The number of hydrogen-bond acceptors (Lipinski definition) is 2. The summed E-state index contributed by atoms with van der Waals surface area (Å²) in [4.78, 5) is 2.52. The molecule has 0 bridgehead atoms. The lowest BCUT2D eigenvalue weighted by Crippen LogP contribution is -2.39. The number of likely N-dealkylation sites (N-methyl/N-ethyl adjacent to an activating group) is 1. The molecule has 19 heavy (non-hydrogen) atoms. The van der Waals surface area contributed by atoms with Gasteiger partial charge in [-0.15, -0.1) is 0 Å². The molecule has 1 aromatic rings. The summed E-state index contributed by atoms with van der Waals surface area (Å²) < 4.78 is 0. The zero-order valence-corrected chi connectivity index (χ0v) is 12.8. The minimum absolute atomic E-state index is 0.629. The fourth-order valence-electron chi connectivity index (χ4n) is 3.14. The first-order chi connectivity index (χ1) is 9.08. The molecule has 0 aliphatic carbocycles. The van der Waals surface area contributed by atoms with Gasteiger partial charge in [-0.3, -0.25) is 0 Å². The Morgan fingerprint density at radius 3 is 2.74 bits per heavy atom. The normalized spacial score (nSPS) is 20.6. The average molecular weight is 260 g/mol. The fourth-order valence-corrected chi connectivity index (χ4v) is 3.14. The van der Waals surface area contributed by atoms with Crippen molar-refractivity contribution in [2.75, 3.05) is 20.1 Å². The Kier molecular flexibility index (Phi) is 5.00. The third-order valence-electron chi connectivity index (χ3n) is 4.27. The van der Waals surface area contributed by atoms with Gasteiger partial charge in [-0.2, -0.15) is 0 Å². The van der Waals surface area contributed by atoms with Gasteiger partial charge in [0.05, 0.1) is 0 Å². The zero-order chi connectivity index (χ0) is 13.8. The molecule has 2 nitrogen and oxygen atoms in total. The van der Waals surface area contributed by atoms with E-state index in [0.717, 1.165) is 25.6 Å². The van der Waals surface area contributed by atoms with Crippen LogP contribution < -0.4 is 5.32 Å². The predicted octanol–water partition coefficient (Wildman–Crippen LogP) is 3.24. The summed E-state index contributed by atoms with van der Waals surface area (Å²) in [6.07, 6.45) is 1.28. The van der Waals surface area contributed by atoms with Crippen molar-refractivity contribution in [3.8, 4) is 0 Å². The number of benzene rings is 1. The summed E-state index contributed by atoms with van der Waals surface area (Å²) in [5, 5.41) is 3.55. The molecule has 106 valence electrons. The molecule has 0 amide bonds. The van der Waals surface area contributed by atoms with E-state index < -0.39 is 0 Å². The van der Waals surface area contributed by atoms with Crippen LogP contribution in [0.5, 0.6) is 0 Å². The first-order valence-electron chi connectivity index (χ1n) is 7.56. The highest BCUT2D eigenvalue weighted by Gasteiger charge is 2.22. The number of nitrogens with zero attached hydrogens (tertiary/aromatic N) is 1. The highest BCUT2D eigenvalue weighted by Crippen LogP contribution is 2.25. The van der Waals surface area contributed by atoms with E-state index in [-0.39, 0.29) is 0 Å². The molecule has 2 rings (SSSR count).